The molecule has 1 aliphatic heterocycles. The summed E-state index contributed by atoms with van der Waals surface area (Å²) in [4.78, 5) is 44.8. The molecule has 29 heavy (non-hydrogen) atoms. The molecule has 2 atom stereocenters. The molecule has 0 bridgehead atoms. The summed E-state index contributed by atoms with van der Waals surface area (Å²) in [5.74, 6) is -0.223. The van der Waals surface area contributed by atoms with Gasteiger partial charge in [-0.05, 0) is 37.6 Å². The number of para-hydroxylation sites is 3. The Balaban J connectivity index is 1.35. The van der Waals surface area contributed by atoms with Crippen molar-refractivity contribution in [3.05, 3.63) is 59.9 Å². The maximum atomic E-state index is 12.4. The number of nitrogens with zero attached hydrogens (tertiary/aromatic N) is 1. The molecule has 0 saturated heterocycles. The van der Waals surface area contributed by atoms with Gasteiger partial charge in [0.25, 0.3) is 5.91 Å². The fourth-order valence-corrected chi connectivity index (χ4v) is 3.35. The van der Waals surface area contributed by atoms with Crippen LogP contribution in [0.3, 0.4) is 0 Å². The highest BCUT2D eigenvalue weighted by Gasteiger charge is 2.28. The van der Waals surface area contributed by atoms with E-state index in [0.29, 0.717) is 17.1 Å². The summed E-state index contributed by atoms with van der Waals surface area (Å²) >= 11 is 0. The van der Waals surface area contributed by atoms with Gasteiger partial charge in [0.1, 0.15) is 11.9 Å². The van der Waals surface area contributed by atoms with E-state index in [1.165, 1.54) is 0 Å². The summed E-state index contributed by atoms with van der Waals surface area (Å²) < 4.78 is 0. The second-order valence-electron chi connectivity index (χ2n) is 7.03. The first-order chi connectivity index (χ1) is 14.0. The van der Waals surface area contributed by atoms with Gasteiger partial charge in [-0.3, -0.25) is 14.4 Å². The SMILES string of the molecule is CC(NC(=O)CCC1NC(=O)c2ccccc2NC1=O)c1nc2ccccc2[nH]1. The number of fused-ring (bicyclic) bond motifs is 2. The van der Waals surface area contributed by atoms with E-state index in [4.69, 9.17) is 0 Å². The molecule has 0 saturated carbocycles. The second kappa shape index (κ2) is 7.75. The van der Waals surface area contributed by atoms with Crippen molar-refractivity contribution in [2.75, 3.05) is 5.32 Å². The van der Waals surface area contributed by atoms with E-state index in [-0.39, 0.29) is 36.6 Å². The lowest BCUT2D eigenvalue weighted by Gasteiger charge is -2.16. The molecule has 2 unspecified atom stereocenters. The van der Waals surface area contributed by atoms with Gasteiger partial charge in [-0.25, -0.2) is 4.98 Å². The number of aromatic amines is 1. The number of nitrogens with one attached hydrogen (secondary N) is 4. The van der Waals surface area contributed by atoms with Crippen molar-refractivity contribution in [1.82, 2.24) is 20.6 Å². The molecule has 3 amide bonds. The van der Waals surface area contributed by atoms with E-state index in [1.54, 1.807) is 24.3 Å². The maximum Gasteiger partial charge on any atom is 0.254 e. The number of amides is 3. The van der Waals surface area contributed by atoms with Crippen LogP contribution in [-0.2, 0) is 9.59 Å². The third-order valence-corrected chi connectivity index (χ3v) is 4.91. The molecule has 0 aliphatic carbocycles. The molecular formula is C21H21N5O3. The summed E-state index contributed by atoms with van der Waals surface area (Å²) in [6, 6.07) is 13.4. The van der Waals surface area contributed by atoms with Gasteiger partial charge in [-0.2, -0.15) is 0 Å². The molecule has 148 valence electrons. The first kappa shape index (κ1) is 18.7. The first-order valence-electron chi connectivity index (χ1n) is 9.46. The van der Waals surface area contributed by atoms with Crippen molar-refractivity contribution in [3.63, 3.8) is 0 Å². The summed E-state index contributed by atoms with van der Waals surface area (Å²) in [5, 5.41) is 8.31. The lowest BCUT2D eigenvalue weighted by atomic mass is 10.1. The van der Waals surface area contributed by atoms with Crippen LogP contribution in [0, 0.1) is 0 Å². The number of imidazole rings is 1. The van der Waals surface area contributed by atoms with Crippen molar-refractivity contribution in [3.8, 4) is 0 Å². The van der Waals surface area contributed by atoms with Crippen LogP contribution in [0.2, 0.25) is 0 Å². The smallest absolute Gasteiger partial charge is 0.254 e. The van der Waals surface area contributed by atoms with Crippen molar-refractivity contribution in [1.29, 1.82) is 0 Å². The van der Waals surface area contributed by atoms with Gasteiger partial charge in [0.15, 0.2) is 0 Å². The van der Waals surface area contributed by atoms with Crippen LogP contribution in [0.15, 0.2) is 48.5 Å². The quantitative estimate of drug-likeness (QED) is 0.534. The molecular weight excluding hydrogens is 370 g/mol. The van der Waals surface area contributed by atoms with E-state index < -0.39 is 6.04 Å². The third kappa shape index (κ3) is 3.96. The van der Waals surface area contributed by atoms with Crippen LogP contribution in [-0.4, -0.2) is 33.7 Å². The molecule has 4 N–H and O–H groups in total. The molecule has 8 heteroatoms. The Hall–Kier alpha value is -3.68. The molecule has 3 aromatic rings. The molecule has 0 fully saturated rings. The van der Waals surface area contributed by atoms with Crippen molar-refractivity contribution in [2.24, 2.45) is 0 Å². The average molecular weight is 391 g/mol. The molecule has 1 aliphatic rings. The lowest BCUT2D eigenvalue weighted by Crippen LogP contribution is -2.42. The Kier molecular flexibility index (Phi) is 4.99. The summed E-state index contributed by atoms with van der Waals surface area (Å²) in [5.41, 5.74) is 2.62. The van der Waals surface area contributed by atoms with Crippen molar-refractivity contribution >= 4 is 34.4 Å². The monoisotopic (exact) mass is 391 g/mol. The maximum absolute atomic E-state index is 12.4. The van der Waals surface area contributed by atoms with Crippen LogP contribution in [0.4, 0.5) is 5.69 Å². The number of carbonyl (C=O) groups excluding carboxylic acids is 3. The highest BCUT2D eigenvalue weighted by molar-refractivity contribution is 6.09. The molecule has 0 spiro atoms. The van der Waals surface area contributed by atoms with Gasteiger partial charge in [0.05, 0.1) is 28.3 Å². The minimum Gasteiger partial charge on any atom is -0.346 e. The number of H-pyrrole nitrogens is 1. The van der Waals surface area contributed by atoms with Gasteiger partial charge >= 0.3 is 0 Å². The second-order valence-corrected chi connectivity index (χ2v) is 7.03. The van der Waals surface area contributed by atoms with Crippen LogP contribution in [0.1, 0.15) is 42.0 Å². The standard InChI is InChI=1S/C21H21N5O3/c1-12(19-23-15-8-4-5-9-16(15)24-19)22-18(27)11-10-17-21(29)25-14-7-3-2-6-13(14)20(28)26-17/h2-9,12,17H,10-11H2,1H3,(H,22,27)(H,23,24)(H,25,29)(H,26,28). The number of benzene rings is 2. The van der Waals surface area contributed by atoms with Crippen LogP contribution in [0.25, 0.3) is 11.0 Å². The number of anilines is 1. The minimum absolute atomic E-state index is 0.0965. The Morgan fingerprint density at radius 1 is 1.14 bits per heavy atom. The fourth-order valence-electron chi connectivity index (χ4n) is 3.35. The van der Waals surface area contributed by atoms with Gasteiger partial charge in [0.2, 0.25) is 11.8 Å². The number of carbonyl (C=O) groups is 3. The Morgan fingerprint density at radius 3 is 2.72 bits per heavy atom. The Bertz CT molecular complexity index is 1060. The zero-order valence-corrected chi connectivity index (χ0v) is 15.9. The van der Waals surface area contributed by atoms with Crippen LogP contribution < -0.4 is 16.0 Å². The summed E-state index contributed by atoms with van der Waals surface area (Å²) in [6.07, 6.45) is 0.295. The Morgan fingerprint density at radius 2 is 1.90 bits per heavy atom. The van der Waals surface area contributed by atoms with Gasteiger partial charge in [0, 0.05) is 6.42 Å². The molecule has 2 heterocycles. The third-order valence-electron chi connectivity index (χ3n) is 4.91. The summed E-state index contributed by atoms with van der Waals surface area (Å²) in [6.45, 7) is 1.84. The van der Waals surface area contributed by atoms with E-state index in [0.717, 1.165) is 11.0 Å². The molecule has 4 rings (SSSR count). The lowest BCUT2D eigenvalue weighted by molar-refractivity contribution is -0.122. The highest BCUT2D eigenvalue weighted by Crippen LogP contribution is 2.19. The number of hydrogen-bond acceptors (Lipinski definition) is 4. The molecule has 2 aromatic carbocycles. The molecule has 1 aromatic heterocycles. The van der Waals surface area contributed by atoms with Gasteiger partial charge in [-0.1, -0.05) is 24.3 Å². The van der Waals surface area contributed by atoms with E-state index >= 15 is 0 Å². The van der Waals surface area contributed by atoms with E-state index in [9.17, 15) is 14.4 Å². The normalized spacial score (nSPS) is 17.1. The topological polar surface area (TPSA) is 116 Å². The van der Waals surface area contributed by atoms with Crippen LogP contribution >= 0.6 is 0 Å². The van der Waals surface area contributed by atoms with Gasteiger partial charge < -0.3 is 20.9 Å². The van der Waals surface area contributed by atoms with Crippen LogP contribution in [0.5, 0.6) is 0 Å². The largest absolute Gasteiger partial charge is 0.346 e. The number of rotatable bonds is 5. The Labute approximate surface area is 167 Å². The first-order valence-corrected chi connectivity index (χ1v) is 9.46. The zero-order chi connectivity index (χ0) is 20.4. The summed E-state index contributed by atoms with van der Waals surface area (Å²) in [7, 11) is 0. The van der Waals surface area contributed by atoms with E-state index in [2.05, 4.69) is 25.9 Å². The van der Waals surface area contributed by atoms with Crippen molar-refractivity contribution in [2.45, 2.75) is 31.8 Å². The minimum atomic E-state index is -0.776. The molecule has 8 nitrogen and oxygen atoms in total. The van der Waals surface area contributed by atoms with Gasteiger partial charge in [-0.15, -0.1) is 0 Å². The zero-order valence-electron chi connectivity index (χ0n) is 15.9. The fraction of sp³-hybridized carbons (Fsp3) is 0.238. The highest BCUT2D eigenvalue weighted by atomic mass is 16.2. The van der Waals surface area contributed by atoms with E-state index in [1.807, 2.05) is 31.2 Å². The predicted octanol–water partition coefficient (Wildman–Crippen LogP) is 2.27. The van der Waals surface area contributed by atoms with Crippen molar-refractivity contribution < 1.29 is 14.4 Å². The number of aromatic nitrogens is 2. The predicted molar refractivity (Wildman–Crippen MR) is 108 cm³/mol. The molecule has 0 radical (unpaired) electrons. The average Bonchev–Trinajstić information content (AvgIpc) is 3.10. The number of hydrogen-bond donors (Lipinski definition) is 4.